The van der Waals surface area contributed by atoms with Crippen molar-refractivity contribution in [2.24, 2.45) is 5.92 Å². The Morgan fingerprint density at radius 1 is 1.04 bits per heavy atom. The molecule has 0 aliphatic carbocycles. The van der Waals surface area contributed by atoms with Gasteiger partial charge in [0.1, 0.15) is 0 Å². The number of carbonyl (C=O) groups excluding carboxylic acids is 1. The highest BCUT2D eigenvalue weighted by Crippen LogP contribution is 2.37. The van der Waals surface area contributed by atoms with Crippen molar-refractivity contribution < 1.29 is 9.53 Å². The molecule has 0 bridgehead atoms. The smallest absolute Gasteiger partial charge is 0.201 e. The van der Waals surface area contributed by atoms with E-state index in [1.165, 1.54) is 0 Å². The minimum atomic E-state index is -1.02. The Morgan fingerprint density at radius 2 is 1.71 bits per heavy atom. The van der Waals surface area contributed by atoms with Gasteiger partial charge in [0.2, 0.25) is 5.78 Å². The van der Waals surface area contributed by atoms with Gasteiger partial charge < -0.3 is 4.74 Å². The van der Waals surface area contributed by atoms with Crippen LogP contribution in [-0.4, -0.2) is 17.9 Å². The number of methoxy groups -OCH3 is 1. The summed E-state index contributed by atoms with van der Waals surface area (Å²) in [6.45, 7) is 4.01. The summed E-state index contributed by atoms with van der Waals surface area (Å²) in [6.07, 6.45) is 1.64. The molecule has 0 N–H and O–H groups in total. The fourth-order valence-corrected chi connectivity index (χ4v) is 3.27. The van der Waals surface area contributed by atoms with E-state index in [9.17, 15) is 4.79 Å². The third kappa shape index (κ3) is 2.61. The zero-order chi connectivity index (χ0) is 17.2. The van der Waals surface area contributed by atoms with E-state index in [4.69, 9.17) is 4.74 Å². The largest absolute Gasteiger partial charge is 0.365 e. The van der Waals surface area contributed by atoms with E-state index in [2.05, 4.69) is 4.98 Å². The average molecular weight is 319 g/mol. The summed E-state index contributed by atoms with van der Waals surface area (Å²) in [5.41, 5.74) is 1.28. The van der Waals surface area contributed by atoms with Crippen molar-refractivity contribution in [2.75, 3.05) is 7.11 Å². The number of carbonyl (C=O) groups is 1. The monoisotopic (exact) mass is 319 g/mol. The van der Waals surface area contributed by atoms with Crippen LogP contribution in [0.4, 0.5) is 0 Å². The highest BCUT2D eigenvalue weighted by Gasteiger charge is 2.44. The van der Waals surface area contributed by atoms with Gasteiger partial charge in [-0.05, 0) is 23.6 Å². The maximum absolute atomic E-state index is 13.4. The number of hydrogen-bond acceptors (Lipinski definition) is 3. The van der Waals surface area contributed by atoms with Crippen molar-refractivity contribution in [1.29, 1.82) is 0 Å². The number of nitrogens with zero attached hydrogens (tertiary/aromatic N) is 1. The van der Waals surface area contributed by atoms with E-state index in [0.29, 0.717) is 5.56 Å². The topological polar surface area (TPSA) is 39.2 Å². The van der Waals surface area contributed by atoms with E-state index in [1.54, 1.807) is 13.3 Å². The Hall–Kier alpha value is -2.52. The highest BCUT2D eigenvalue weighted by molar-refractivity contribution is 6.05. The molecular formula is C21H21NO2. The predicted octanol–water partition coefficient (Wildman–Crippen LogP) is 4.62. The lowest BCUT2D eigenvalue weighted by molar-refractivity contribution is -0.0298. The van der Waals surface area contributed by atoms with E-state index in [-0.39, 0.29) is 11.7 Å². The molecule has 3 heteroatoms. The van der Waals surface area contributed by atoms with Gasteiger partial charge in [-0.3, -0.25) is 9.78 Å². The molecule has 1 unspecified atom stereocenters. The van der Waals surface area contributed by atoms with Crippen LogP contribution >= 0.6 is 0 Å². The van der Waals surface area contributed by atoms with Crippen molar-refractivity contribution in [3.63, 3.8) is 0 Å². The molecule has 0 radical (unpaired) electrons. The summed E-state index contributed by atoms with van der Waals surface area (Å²) in [7, 11) is 1.60. The normalized spacial score (nSPS) is 13.8. The zero-order valence-corrected chi connectivity index (χ0v) is 14.2. The van der Waals surface area contributed by atoms with Gasteiger partial charge in [0.25, 0.3) is 0 Å². The number of para-hydroxylation sites is 1. The molecule has 0 fully saturated rings. The molecule has 3 aromatic rings. The van der Waals surface area contributed by atoms with Crippen molar-refractivity contribution in [1.82, 2.24) is 4.98 Å². The minimum absolute atomic E-state index is 0.0242. The summed E-state index contributed by atoms with van der Waals surface area (Å²) in [5.74, 6) is -0.0895. The highest BCUT2D eigenvalue weighted by atomic mass is 16.5. The third-order valence-electron chi connectivity index (χ3n) is 4.53. The average Bonchev–Trinajstić information content (AvgIpc) is 2.63. The quantitative estimate of drug-likeness (QED) is 0.644. The molecule has 0 saturated carbocycles. The second-order valence-electron chi connectivity index (χ2n) is 6.21. The number of aromatic nitrogens is 1. The van der Waals surface area contributed by atoms with Gasteiger partial charge in [0.05, 0.1) is 5.52 Å². The van der Waals surface area contributed by atoms with Crippen molar-refractivity contribution in [3.05, 3.63) is 78.0 Å². The van der Waals surface area contributed by atoms with E-state index < -0.39 is 5.60 Å². The van der Waals surface area contributed by atoms with E-state index >= 15 is 0 Å². The summed E-state index contributed by atoms with van der Waals surface area (Å²) < 4.78 is 5.84. The zero-order valence-electron chi connectivity index (χ0n) is 14.2. The lowest BCUT2D eigenvalue weighted by atomic mass is 9.77. The molecule has 2 aromatic carbocycles. The number of Topliss-reactive ketones (excluding diaryl/α,β-unsaturated/α-hetero) is 1. The number of rotatable bonds is 5. The van der Waals surface area contributed by atoms with Crippen LogP contribution in [0.2, 0.25) is 0 Å². The molecule has 0 spiro atoms. The van der Waals surface area contributed by atoms with Crippen molar-refractivity contribution in [2.45, 2.75) is 19.4 Å². The van der Waals surface area contributed by atoms with Crippen LogP contribution in [0.25, 0.3) is 10.9 Å². The van der Waals surface area contributed by atoms with E-state index in [0.717, 1.165) is 16.5 Å². The molecule has 0 saturated heterocycles. The van der Waals surface area contributed by atoms with Crippen molar-refractivity contribution in [3.8, 4) is 0 Å². The number of pyridine rings is 1. The maximum atomic E-state index is 13.4. The second-order valence-corrected chi connectivity index (χ2v) is 6.21. The fraction of sp³-hybridized carbons (Fsp3) is 0.238. The Kier molecular flexibility index (Phi) is 4.45. The van der Waals surface area contributed by atoms with Crippen LogP contribution in [0.3, 0.4) is 0 Å². The van der Waals surface area contributed by atoms with Gasteiger partial charge in [-0.15, -0.1) is 0 Å². The lowest BCUT2D eigenvalue weighted by Gasteiger charge is -2.35. The molecule has 0 amide bonds. The Labute approximate surface area is 142 Å². The molecule has 0 aliphatic rings. The number of hydrogen-bond donors (Lipinski definition) is 0. The first-order valence-electron chi connectivity index (χ1n) is 8.10. The van der Waals surface area contributed by atoms with Gasteiger partial charge in [0.15, 0.2) is 5.60 Å². The molecule has 1 heterocycles. The number of benzene rings is 2. The summed E-state index contributed by atoms with van der Waals surface area (Å²) >= 11 is 0. The maximum Gasteiger partial charge on any atom is 0.201 e. The molecule has 122 valence electrons. The fourth-order valence-electron chi connectivity index (χ4n) is 3.27. The van der Waals surface area contributed by atoms with Gasteiger partial charge in [0, 0.05) is 24.3 Å². The first kappa shape index (κ1) is 16.3. The molecule has 3 rings (SSSR count). The first-order valence-corrected chi connectivity index (χ1v) is 8.10. The standard InChI is InChI=1S/C21H21NO2/c1-15(2)21(24-3,18-10-5-4-6-11-18)20(23)17-13-16-9-7-8-12-19(16)22-14-17/h4-15H,1-3H3. The molecule has 1 aromatic heterocycles. The van der Waals surface area contributed by atoms with Gasteiger partial charge in [-0.25, -0.2) is 0 Å². The first-order chi connectivity index (χ1) is 11.6. The van der Waals surface area contributed by atoms with Crippen LogP contribution in [0, 0.1) is 5.92 Å². The summed E-state index contributed by atoms with van der Waals surface area (Å²) in [5, 5.41) is 0.949. The summed E-state index contributed by atoms with van der Waals surface area (Å²) in [4.78, 5) is 17.8. The molecule has 24 heavy (non-hydrogen) atoms. The van der Waals surface area contributed by atoms with Crippen LogP contribution < -0.4 is 0 Å². The number of fused-ring (bicyclic) bond motifs is 1. The lowest BCUT2D eigenvalue weighted by Crippen LogP contribution is -2.43. The van der Waals surface area contributed by atoms with Crippen molar-refractivity contribution >= 4 is 16.7 Å². The number of ketones is 1. The van der Waals surface area contributed by atoms with E-state index in [1.807, 2.05) is 74.5 Å². The Balaban J connectivity index is 2.14. The van der Waals surface area contributed by atoms with Crippen LogP contribution in [-0.2, 0) is 10.3 Å². The Bertz CT molecular complexity index is 858. The molecule has 3 nitrogen and oxygen atoms in total. The van der Waals surface area contributed by atoms with Gasteiger partial charge in [-0.2, -0.15) is 0 Å². The van der Waals surface area contributed by atoms with Gasteiger partial charge in [-0.1, -0.05) is 62.4 Å². The number of ether oxygens (including phenoxy) is 1. The third-order valence-corrected chi connectivity index (χ3v) is 4.53. The van der Waals surface area contributed by atoms with Gasteiger partial charge >= 0.3 is 0 Å². The minimum Gasteiger partial charge on any atom is -0.365 e. The van der Waals surface area contributed by atoms with Crippen LogP contribution in [0.15, 0.2) is 66.9 Å². The molecular weight excluding hydrogens is 298 g/mol. The molecule has 1 atom stereocenters. The van der Waals surface area contributed by atoms with Crippen LogP contribution in [0.5, 0.6) is 0 Å². The predicted molar refractivity (Wildman–Crippen MR) is 96.0 cm³/mol. The second kappa shape index (κ2) is 6.54. The summed E-state index contributed by atoms with van der Waals surface area (Å²) in [6, 6.07) is 19.4. The Morgan fingerprint density at radius 3 is 2.38 bits per heavy atom. The van der Waals surface area contributed by atoms with Crippen LogP contribution in [0.1, 0.15) is 29.8 Å². The SMILES string of the molecule is COC(C(=O)c1cnc2ccccc2c1)(c1ccccc1)C(C)C. The molecule has 0 aliphatic heterocycles.